The van der Waals surface area contributed by atoms with Crippen molar-refractivity contribution in [3.8, 4) is 5.75 Å². The summed E-state index contributed by atoms with van der Waals surface area (Å²) >= 11 is 0. The number of carbonyl (C=O) groups excluding carboxylic acids is 2. The SMILES string of the molecule is O=C(Nc1cccc(C(=O)N2CCC(c3ccc(O)cc3)CC2)c1)C1CCCO1. The zero-order valence-electron chi connectivity index (χ0n) is 16.3. The van der Waals surface area contributed by atoms with Crippen molar-refractivity contribution in [2.24, 2.45) is 0 Å². The summed E-state index contributed by atoms with van der Waals surface area (Å²) in [6.45, 7) is 2.00. The number of benzene rings is 2. The summed E-state index contributed by atoms with van der Waals surface area (Å²) in [5.41, 5.74) is 2.40. The molecule has 1 atom stereocenters. The molecule has 2 aliphatic heterocycles. The molecular weight excluding hydrogens is 368 g/mol. The first-order valence-electron chi connectivity index (χ1n) is 10.2. The van der Waals surface area contributed by atoms with Crippen molar-refractivity contribution in [2.45, 2.75) is 37.7 Å². The van der Waals surface area contributed by atoms with E-state index in [0.29, 0.717) is 36.9 Å². The van der Waals surface area contributed by atoms with E-state index in [4.69, 9.17) is 4.74 Å². The third-order valence-corrected chi connectivity index (χ3v) is 5.75. The van der Waals surface area contributed by atoms with Crippen LogP contribution in [0.3, 0.4) is 0 Å². The minimum atomic E-state index is -0.395. The number of hydrogen-bond acceptors (Lipinski definition) is 4. The number of ether oxygens (including phenoxy) is 1. The summed E-state index contributed by atoms with van der Waals surface area (Å²) in [6.07, 6.45) is 3.03. The Bertz CT molecular complexity index is 867. The molecular formula is C23H26N2O4. The summed E-state index contributed by atoms with van der Waals surface area (Å²) in [5, 5.41) is 12.3. The monoisotopic (exact) mass is 394 g/mol. The average Bonchev–Trinajstić information content (AvgIpc) is 3.29. The quantitative estimate of drug-likeness (QED) is 0.832. The maximum absolute atomic E-state index is 12.9. The predicted octanol–water partition coefficient (Wildman–Crippen LogP) is 3.53. The molecule has 29 heavy (non-hydrogen) atoms. The Morgan fingerprint density at radius 3 is 2.48 bits per heavy atom. The van der Waals surface area contributed by atoms with Crippen LogP contribution in [0.4, 0.5) is 5.69 Å². The summed E-state index contributed by atoms with van der Waals surface area (Å²) < 4.78 is 5.41. The first-order chi connectivity index (χ1) is 14.1. The van der Waals surface area contributed by atoms with Crippen molar-refractivity contribution in [1.82, 2.24) is 4.90 Å². The fourth-order valence-electron chi connectivity index (χ4n) is 4.08. The van der Waals surface area contributed by atoms with Crippen molar-refractivity contribution in [3.63, 3.8) is 0 Å². The molecule has 0 spiro atoms. The van der Waals surface area contributed by atoms with E-state index in [1.54, 1.807) is 36.4 Å². The molecule has 6 nitrogen and oxygen atoms in total. The molecule has 2 aliphatic rings. The highest BCUT2D eigenvalue weighted by atomic mass is 16.5. The number of anilines is 1. The number of phenols is 1. The highest BCUT2D eigenvalue weighted by Crippen LogP contribution is 2.30. The van der Waals surface area contributed by atoms with Crippen LogP contribution >= 0.6 is 0 Å². The van der Waals surface area contributed by atoms with E-state index in [2.05, 4.69) is 5.32 Å². The lowest BCUT2D eigenvalue weighted by atomic mass is 9.89. The van der Waals surface area contributed by atoms with Gasteiger partial charge in [-0.25, -0.2) is 0 Å². The first-order valence-corrected chi connectivity index (χ1v) is 10.2. The lowest BCUT2D eigenvalue weighted by Gasteiger charge is -2.32. The molecule has 2 heterocycles. The number of phenolic OH excluding ortho intramolecular Hbond substituents is 1. The van der Waals surface area contributed by atoms with Crippen LogP contribution in [0.15, 0.2) is 48.5 Å². The van der Waals surface area contributed by atoms with E-state index >= 15 is 0 Å². The molecule has 4 rings (SSSR count). The van der Waals surface area contributed by atoms with Gasteiger partial charge in [0.1, 0.15) is 11.9 Å². The van der Waals surface area contributed by atoms with Gasteiger partial charge in [0.2, 0.25) is 0 Å². The average molecular weight is 394 g/mol. The molecule has 0 saturated carbocycles. The van der Waals surface area contributed by atoms with Crippen molar-refractivity contribution in [2.75, 3.05) is 25.0 Å². The Kier molecular flexibility index (Phi) is 5.81. The molecule has 0 aliphatic carbocycles. The smallest absolute Gasteiger partial charge is 0.253 e. The second-order valence-corrected chi connectivity index (χ2v) is 7.73. The van der Waals surface area contributed by atoms with Gasteiger partial charge in [-0.1, -0.05) is 18.2 Å². The molecule has 1 unspecified atom stereocenters. The number of nitrogens with one attached hydrogen (secondary N) is 1. The van der Waals surface area contributed by atoms with Gasteiger partial charge in [-0.05, 0) is 67.5 Å². The second-order valence-electron chi connectivity index (χ2n) is 7.73. The molecule has 2 aromatic rings. The van der Waals surface area contributed by atoms with E-state index < -0.39 is 6.10 Å². The van der Waals surface area contributed by atoms with Gasteiger partial charge in [-0.15, -0.1) is 0 Å². The van der Waals surface area contributed by atoms with E-state index in [9.17, 15) is 14.7 Å². The van der Waals surface area contributed by atoms with E-state index in [-0.39, 0.29) is 17.6 Å². The van der Waals surface area contributed by atoms with Gasteiger partial charge in [-0.3, -0.25) is 9.59 Å². The Balaban J connectivity index is 1.36. The Morgan fingerprint density at radius 2 is 1.79 bits per heavy atom. The number of nitrogens with zero attached hydrogens (tertiary/aromatic N) is 1. The molecule has 2 aromatic carbocycles. The third-order valence-electron chi connectivity index (χ3n) is 5.75. The van der Waals surface area contributed by atoms with Crippen molar-refractivity contribution < 1.29 is 19.4 Å². The molecule has 2 amide bonds. The minimum absolute atomic E-state index is 0.0117. The van der Waals surface area contributed by atoms with E-state index in [1.165, 1.54) is 5.56 Å². The van der Waals surface area contributed by atoms with Crippen LogP contribution in [0.2, 0.25) is 0 Å². The highest BCUT2D eigenvalue weighted by Gasteiger charge is 2.26. The second kappa shape index (κ2) is 8.66. The fraction of sp³-hybridized carbons (Fsp3) is 0.391. The number of aromatic hydroxyl groups is 1. The first kappa shape index (κ1) is 19.5. The molecule has 0 radical (unpaired) electrons. The Hall–Kier alpha value is -2.86. The van der Waals surface area contributed by atoms with Gasteiger partial charge in [-0.2, -0.15) is 0 Å². The van der Waals surface area contributed by atoms with Crippen molar-refractivity contribution >= 4 is 17.5 Å². The van der Waals surface area contributed by atoms with Crippen molar-refractivity contribution in [1.29, 1.82) is 0 Å². The van der Waals surface area contributed by atoms with Gasteiger partial charge in [0, 0.05) is 30.9 Å². The van der Waals surface area contributed by atoms with E-state index in [0.717, 1.165) is 25.7 Å². The number of amides is 2. The molecule has 2 fully saturated rings. The summed E-state index contributed by atoms with van der Waals surface area (Å²) in [6, 6.07) is 14.4. The van der Waals surface area contributed by atoms with Crippen LogP contribution in [-0.2, 0) is 9.53 Å². The fourth-order valence-corrected chi connectivity index (χ4v) is 4.08. The van der Waals surface area contributed by atoms with Crippen LogP contribution in [0.1, 0.15) is 47.5 Å². The van der Waals surface area contributed by atoms with Gasteiger partial charge < -0.3 is 20.1 Å². The van der Waals surface area contributed by atoms with Crippen molar-refractivity contribution in [3.05, 3.63) is 59.7 Å². The maximum Gasteiger partial charge on any atom is 0.253 e. The zero-order chi connectivity index (χ0) is 20.2. The molecule has 0 bridgehead atoms. The predicted molar refractivity (Wildman–Crippen MR) is 110 cm³/mol. The molecule has 2 N–H and O–H groups in total. The lowest BCUT2D eigenvalue weighted by molar-refractivity contribution is -0.124. The lowest BCUT2D eigenvalue weighted by Crippen LogP contribution is -2.38. The van der Waals surface area contributed by atoms with Gasteiger partial charge in [0.25, 0.3) is 11.8 Å². The molecule has 0 aromatic heterocycles. The van der Waals surface area contributed by atoms with Gasteiger partial charge in [0.05, 0.1) is 0 Å². The van der Waals surface area contributed by atoms with Gasteiger partial charge in [0.15, 0.2) is 0 Å². The minimum Gasteiger partial charge on any atom is -0.508 e. The molecule has 2 saturated heterocycles. The molecule has 6 heteroatoms. The van der Waals surface area contributed by atoms with Crippen LogP contribution in [0.5, 0.6) is 5.75 Å². The summed E-state index contributed by atoms with van der Waals surface area (Å²) in [7, 11) is 0. The van der Waals surface area contributed by atoms with E-state index in [1.807, 2.05) is 17.0 Å². The standard InChI is InChI=1S/C23H26N2O4/c26-20-8-6-16(7-9-20)17-10-12-25(13-11-17)23(28)18-3-1-4-19(15-18)24-22(27)21-5-2-14-29-21/h1,3-4,6-9,15,17,21,26H,2,5,10-14H2,(H,24,27). The van der Waals surface area contributed by atoms with Crippen LogP contribution in [-0.4, -0.2) is 47.6 Å². The number of hydrogen-bond donors (Lipinski definition) is 2. The topological polar surface area (TPSA) is 78.9 Å². The third kappa shape index (κ3) is 4.59. The Labute approximate surface area is 170 Å². The highest BCUT2D eigenvalue weighted by molar-refractivity contribution is 5.98. The largest absolute Gasteiger partial charge is 0.508 e. The Morgan fingerprint density at radius 1 is 1.03 bits per heavy atom. The summed E-state index contributed by atoms with van der Waals surface area (Å²) in [4.78, 5) is 27.1. The number of carbonyl (C=O) groups is 2. The summed E-state index contributed by atoms with van der Waals surface area (Å²) in [5.74, 6) is 0.508. The van der Waals surface area contributed by atoms with Crippen LogP contribution in [0, 0.1) is 0 Å². The maximum atomic E-state index is 12.9. The number of likely N-dealkylation sites (tertiary alicyclic amines) is 1. The van der Waals surface area contributed by atoms with Crippen LogP contribution < -0.4 is 5.32 Å². The van der Waals surface area contributed by atoms with Gasteiger partial charge >= 0.3 is 0 Å². The number of rotatable bonds is 4. The molecule has 152 valence electrons. The van der Waals surface area contributed by atoms with Crippen LogP contribution in [0.25, 0.3) is 0 Å². The zero-order valence-corrected chi connectivity index (χ0v) is 16.3. The normalized spacial score (nSPS) is 19.9. The number of piperidine rings is 1.